The SMILES string of the molecule is COC(=O)CCCCC(=O)Nc1ccc(C(=O)NC(c2ccccc2)C(N)c2ccccc2)cc1. The van der Waals surface area contributed by atoms with Crippen LogP contribution in [0.3, 0.4) is 0 Å². The van der Waals surface area contributed by atoms with E-state index in [1.54, 1.807) is 24.3 Å². The van der Waals surface area contributed by atoms with E-state index in [0.717, 1.165) is 11.1 Å². The molecular weight excluding hydrogens is 442 g/mol. The highest BCUT2D eigenvalue weighted by molar-refractivity contribution is 5.96. The van der Waals surface area contributed by atoms with Gasteiger partial charge in [0.1, 0.15) is 0 Å². The molecule has 0 heterocycles. The fraction of sp³-hybridized carbons (Fsp3) is 0.250. The van der Waals surface area contributed by atoms with Crippen LogP contribution in [0.4, 0.5) is 5.69 Å². The van der Waals surface area contributed by atoms with E-state index in [2.05, 4.69) is 15.4 Å². The number of rotatable bonds is 11. The van der Waals surface area contributed by atoms with Gasteiger partial charge in [0.25, 0.3) is 5.91 Å². The molecule has 0 saturated heterocycles. The summed E-state index contributed by atoms with van der Waals surface area (Å²) in [5.74, 6) is -0.686. The summed E-state index contributed by atoms with van der Waals surface area (Å²) in [5.41, 5.74) is 9.45. The zero-order valence-corrected chi connectivity index (χ0v) is 19.8. The van der Waals surface area contributed by atoms with Crippen molar-refractivity contribution in [3.8, 4) is 0 Å². The number of hydrogen-bond donors (Lipinski definition) is 3. The Kier molecular flexibility index (Phi) is 9.57. The number of ether oxygens (including phenoxy) is 1. The molecule has 3 aromatic carbocycles. The van der Waals surface area contributed by atoms with E-state index in [1.165, 1.54) is 7.11 Å². The number of carbonyl (C=O) groups is 3. The van der Waals surface area contributed by atoms with Crippen LogP contribution in [-0.4, -0.2) is 24.9 Å². The Morgan fingerprint density at radius 1 is 0.800 bits per heavy atom. The number of nitrogens with one attached hydrogen (secondary N) is 2. The number of nitrogens with two attached hydrogens (primary N) is 1. The van der Waals surface area contributed by atoms with Gasteiger partial charge in [-0.25, -0.2) is 0 Å². The third kappa shape index (κ3) is 7.79. The van der Waals surface area contributed by atoms with E-state index in [4.69, 9.17) is 5.73 Å². The van der Waals surface area contributed by atoms with Crippen LogP contribution in [0.2, 0.25) is 0 Å². The first-order valence-electron chi connectivity index (χ1n) is 11.6. The molecular formula is C28H31N3O4. The van der Waals surface area contributed by atoms with Crippen LogP contribution in [0.25, 0.3) is 0 Å². The molecule has 0 bridgehead atoms. The number of hydrogen-bond acceptors (Lipinski definition) is 5. The lowest BCUT2D eigenvalue weighted by Crippen LogP contribution is -2.36. The van der Waals surface area contributed by atoms with Gasteiger partial charge < -0.3 is 21.1 Å². The van der Waals surface area contributed by atoms with E-state index in [-0.39, 0.29) is 17.8 Å². The van der Waals surface area contributed by atoms with Crippen molar-refractivity contribution in [3.63, 3.8) is 0 Å². The summed E-state index contributed by atoms with van der Waals surface area (Å²) in [6.07, 6.45) is 1.78. The van der Waals surface area contributed by atoms with Crippen molar-refractivity contribution < 1.29 is 19.1 Å². The third-order valence-corrected chi connectivity index (χ3v) is 5.68. The zero-order valence-electron chi connectivity index (χ0n) is 19.8. The average molecular weight is 474 g/mol. The van der Waals surface area contributed by atoms with Gasteiger partial charge in [-0.1, -0.05) is 60.7 Å². The molecule has 2 atom stereocenters. The molecule has 2 amide bonds. The second-order valence-corrected chi connectivity index (χ2v) is 8.21. The van der Waals surface area contributed by atoms with Crippen molar-refractivity contribution in [2.75, 3.05) is 12.4 Å². The lowest BCUT2D eigenvalue weighted by molar-refractivity contribution is -0.140. The Bertz CT molecular complexity index is 1100. The highest BCUT2D eigenvalue weighted by Gasteiger charge is 2.23. The summed E-state index contributed by atoms with van der Waals surface area (Å²) in [6, 6.07) is 25.2. The maximum absolute atomic E-state index is 13.1. The highest BCUT2D eigenvalue weighted by atomic mass is 16.5. The second kappa shape index (κ2) is 13.1. The number of methoxy groups -OCH3 is 1. The Balaban J connectivity index is 1.61. The monoisotopic (exact) mass is 473 g/mol. The van der Waals surface area contributed by atoms with Gasteiger partial charge in [0.15, 0.2) is 0 Å². The number of amides is 2. The summed E-state index contributed by atoms with van der Waals surface area (Å²) in [7, 11) is 1.35. The lowest BCUT2D eigenvalue weighted by atomic mass is 9.93. The molecule has 0 aliphatic rings. The minimum absolute atomic E-state index is 0.148. The molecule has 4 N–H and O–H groups in total. The molecule has 2 unspecified atom stereocenters. The van der Waals surface area contributed by atoms with E-state index in [0.29, 0.717) is 36.9 Å². The van der Waals surface area contributed by atoms with E-state index >= 15 is 0 Å². The molecule has 7 heteroatoms. The summed E-state index contributed by atoms with van der Waals surface area (Å²) in [4.78, 5) is 36.3. The van der Waals surface area contributed by atoms with Gasteiger partial charge in [-0.2, -0.15) is 0 Å². The van der Waals surface area contributed by atoms with Crippen molar-refractivity contribution in [2.45, 2.75) is 37.8 Å². The summed E-state index contributed by atoms with van der Waals surface area (Å²) in [5, 5.41) is 5.88. The van der Waals surface area contributed by atoms with Crippen molar-refractivity contribution in [1.29, 1.82) is 0 Å². The van der Waals surface area contributed by atoms with Gasteiger partial charge >= 0.3 is 5.97 Å². The first-order valence-corrected chi connectivity index (χ1v) is 11.6. The summed E-state index contributed by atoms with van der Waals surface area (Å²) < 4.78 is 4.59. The fourth-order valence-corrected chi connectivity index (χ4v) is 3.72. The normalized spacial score (nSPS) is 12.3. The second-order valence-electron chi connectivity index (χ2n) is 8.21. The van der Waals surface area contributed by atoms with Gasteiger partial charge in [-0.05, 0) is 48.2 Å². The maximum atomic E-state index is 13.1. The number of anilines is 1. The first-order chi connectivity index (χ1) is 17.0. The van der Waals surface area contributed by atoms with Crippen LogP contribution in [0, 0.1) is 0 Å². The predicted molar refractivity (Wildman–Crippen MR) is 136 cm³/mol. The van der Waals surface area contributed by atoms with Crippen LogP contribution in [-0.2, 0) is 14.3 Å². The molecule has 0 spiro atoms. The Morgan fingerprint density at radius 3 is 1.97 bits per heavy atom. The van der Waals surface area contributed by atoms with Crippen LogP contribution in [0.1, 0.15) is 59.3 Å². The molecule has 3 aromatic rings. The average Bonchev–Trinajstić information content (AvgIpc) is 2.90. The molecule has 182 valence electrons. The first kappa shape index (κ1) is 25.6. The smallest absolute Gasteiger partial charge is 0.305 e. The summed E-state index contributed by atoms with van der Waals surface area (Å²) >= 11 is 0. The van der Waals surface area contributed by atoms with Crippen molar-refractivity contribution in [1.82, 2.24) is 5.32 Å². The van der Waals surface area contributed by atoms with E-state index in [1.807, 2.05) is 60.7 Å². The molecule has 0 aromatic heterocycles. The molecule has 0 radical (unpaired) electrons. The fourth-order valence-electron chi connectivity index (χ4n) is 3.72. The van der Waals surface area contributed by atoms with E-state index in [9.17, 15) is 14.4 Å². The molecule has 35 heavy (non-hydrogen) atoms. The van der Waals surface area contributed by atoms with Crippen molar-refractivity contribution >= 4 is 23.5 Å². The predicted octanol–water partition coefficient (Wildman–Crippen LogP) is 4.53. The lowest BCUT2D eigenvalue weighted by Gasteiger charge is -2.26. The van der Waals surface area contributed by atoms with Crippen LogP contribution in [0.15, 0.2) is 84.9 Å². The van der Waals surface area contributed by atoms with Gasteiger partial charge in [-0.15, -0.1) is 0 Å². The Labute approximate surface area is 205 Å². The zero-order chi connectivity index (χ0) is 25.0. The third-order valence-electron chi connectivity index (χ3n) is 5.68. The standard InChI is InChI=1S/C28H31N3O4/c1-35-25(33)15-9-8-14-24(32)30-23-18-16-22(17-19-23)28(34)31-27(21-12-6-3-7-13-21)26(29)20-10-4-2-5-11-20/h2-7,10-13,16-19,26-27H,8-9,14-15,29H2,1H3,(H,30,32)(H,31,34). The largest absolute Gasteiger partial charge is 0.469 e. The van der Waals surface area contributed by atoms with Crippen molar-refractivity contribution in [3.05, 3.63) is 102 Å². The van der Waals surface area contributed by atoms with Crippen LogP contribution in [0.5, 0.6) is 0 Å². The molecule has 7 nitrogen and oxygen atoms in total. The molecule has 0 saturated carbocycles. The quantitative estimate of drug-likeness (QED) is 0.280. The Morgan fingerprint density at radius 2 is 1.37 bits per heavy atom. The van der Waals surface area contributed by atoms with E-state index < -0.39 is 12.1 Å². The molecule has 0 aliphatic carbocycles. The number of unbranched alkanes of at least 4 members (excludes halogenated alkanes) is 1. The van der Waals surface area contributed by atoms with Gasteiger partial charge in [0, 0.05) is 24.1 Å². The van der Waals surface area contributed by atoms with Gasteiger partial charge in [0.05, 0.1) is 19.2 Å². The molecule has 3 rings (SSSR count). The molecule has 0 fully saturated rings. The van der Waals surface area contributed by atoms with Crippen LogP contribution < -0.4 is 16.4 Å². The Hall–Kier alpha value is -3.97. The number of esters is 1. The minimum atomic E-state index is -0.430. The van der Waals surface area contributed by atoms with Gasteiger partial charge in [-0.3, -0.25) is 14.4 Å². The van der Waals surface area contributed by atoms with Crippen LogP contribution >= 0.6 is 0 Å². The topological polar surface area (TPSA) is 111 Å². The van der Waals surface area contributed by atoms with Crippen molar-refractivity contribution in [2.24, 2.45) is 5.73 Å². The number of carbonyl (C=O) groups excluding carboxylic acids is 3. The highest BCUT2D eigenvalue weighted by Crippen LogP contribution is 2.27. The minimum Gasteiger partial charge on any atom is -0.469 e. The van der Waals surface area contributed by atoms with Gasteiger partial charge in [0.2, 0.25) is 5.91 Å². The molecule has 0 aliphatic heterocycles. The number of benzene rings is 3. The maximum Gasteiger partial charge on any atom is 0.305 e. The summed E-state index contributed by atoms with van der Waals surface area (Å²) in [6.45, 7) is 0.